The van der Waals surface area contributed by atoms with Crippen molar-refractivity contribution >= 4 is 17.7 Å². The van der Waals surface area contributed by atoms with E-state index in [1.165, 1.54) is 12.0 Å². The van der Waals surface area contributed by atoms with Crippen LogP contribution in [0.2, 0.25) is 0 Å². The first-order valence-corrected chi connectivity index (χ1v) is 12.1. The minimum Gasteiger partial charge on any atom is -0.481 e. The second-order valence-electron chi connectivity index (χ2n) is 8.67. The lowest BCUT2D eigenvalue weighted by Gasteiger charge is -2.32. The van der Waals surface area contributed by atoms with Crippen LogP contribution in [0.4, 0.5) is 5.82 Å². The first-order valence-electron chi connectivity index (χ1n) is 12.1. The van der Waals surface area contributed by atoms with Crippen LogP contribution in [0.3, 0.4) is 0 Å². The zero-order chi connectivity index (χ0) is 23.3. The smallest absolute Gasteiger partial charge is 0.305 e. The molecule has 4 rings (SSSR count). The number of aliphatic carboxylic acids is 1. The molecule has 1 aromatic carbocycles. The van der Waals surface area contributed by atoms with Crippen molar-refractivity contribution in [3.63, 3.8) is 0 Å². The van der Waals surface area contributed by atoms with Crippen molar-refractivity contribution in [1.82, 2.24) is 15.2 Å². The third-order valence-corrected chi connectivity index (χ3v) is 6.04. The van der Waals surface area contributed by atoms with Crippen LogP contribution in [0, 0.1) is 5.92 Å². The predicted molar refractivity (Wildman–Crippen MR) is 130 cm³/mol. The molecule has 2 aliphatic heterocycles. The summed E-state index contributed by atoms with van der Waals surface area (Å²) in [5.74, 6) is 0.128. The number of benzene rings is 1. The van der Waals surface area contributed by atoms with E-state index in [2.05, 4.69) is 27.7 Å². The van der Waals surface area contributed by atoms with E-state index < -0.39 is 5.97 Å². The van der Waals surface area contributed by atoms with Gasteiger partial charge in [-0.3, -0.25) is 9.59 Å². The van der Waals surface area contributed by atoms with Gasteiger partial charge in [0.15, 0.2) is 0 Å². The summed E-state index contributed by atoms with van der Waals surface area (Å²) in [5, 5.41) is 14.8. The second kappa shape index (κ2) is 13.6. The second-order valence-corrected chi connectivity index (χ2v) is 8.67. The summed E-state index contributed by atoms with van der Waals surface area (Å²) in [7, 11) is 0. The fraction of sp³-hybridized carbons (Fsp3) is 0.500. The molecule has 1 atom stereocenters. The van der Waals surface area contributed by atoms with E-state index >= 15 is 0 Å². The lowest BCUT2D eigenvalue weighted by molar-refractivity contribution is -0.137. The fourth-order valence-electron chi connectivity index (χ4n) is 4.29. The van der Waals surface area contributed by atoms with Gasteiger partial charge in [0.1, 0.15) is 5.82 Å². The summed E-state index contributed by atoms with van der Waals surface area (Å²) in [6, 6.07) is 16.3. The van der Waals surface area contributed by atoms with Crippen molar-refractivity contribution in [2.45, 2.75) is 44.9 Å². The van der Waals surface area contributed by atoms with E-state index in [0.717, 1.165) is 69.8 Å². The minimum absolute atomic E-state index is 0.0108. The molecule has 2 aliphatic rings. The zero-order valence-corrected chi connectivity index (χ0v) is 19.3. The Morgan fingerprint density at radius 3 is 2.61 bits per heavy atom. The number of rotatable bonds is 8. The van der Waals surface area contributed by atoms with E-state index in [-0.39, 0.29) is 24.8 Å². The largest absolute Gasteiger partial charge is 0.481 e. The molecule has 1 aromatic heterocycles. The molecule has 1 amide bonds. The van der Waals surface area contributed by atoms with Crippen molar-refractivity contribution in [3.05, 3.63) is 59.8 Å². The van der Waals surface area contributed by atoms with Crippen LogP contribution in [-0.4, -0.2) is 59.6 Å². The normalized spacial score (nSPS) is 17.6. The Hall–Kier alpha value is -2.93. The van der Waals surface area contributed by atoms with Gasteiger partial charge in [-0.2, -0.15) is 0 Å². The van der Waals surface area contributed by atoms with Crippen LogP contribution >= 0.6 is 0 Å². The highest BCUT2D eigenvalue weighted by Crippen LogP contribution is 2.21. The average molecular weight is 453 g/mol. The number of nitrogens with zero attached hydrogens (tertiary/aromatic N) is 2. The van der Waals surface area contributed by atoms with Crippen molar-refractivity contribution < 1.29 is 14.7 Å². The summed E-state index contributed by atoms with van der Waals surface area (Å²) in [6.07, 6.45) is 6.13. The summed E-state index contributed by atoms with van der Waals surface area (Å²) < 4.78 is 0. The van der Waals surface area contributed by atoms with Gasteiger partial charge in [0.05, 0.1) is 12.3 Å². The number of likely N-dealkylation sites (tertiary alicyclic amines) is 1. The molecule has 2 aromatic rings. The van der Waals surface area contributed by atoms with Gasteiger partial charge in [-0.25, -0.2) is 4.98 Å². The highest BCUT2D eigenvalue weighted by molar-refractivity contribution is 5.79. The van der Waals surface area contributed by atoms with E-state index in [9.17, 15) is 9.59 Å². The maximum atomic E-state index is 12.2. The number of anilines is 1. The number of fused-ring (bicyclic) bond motifs is 1. The van der Waals surface area contributed by atoms with Gasteiger partial charge in [-0.1, -0.05) is 42.5 Å². The molecule has 7 heteroatoms. The number of carboxylic acids is 1. The Morgan fingerprint density at radius 2 is 1.88 bits per heavy atom. The van der Waals surface area contributed by atoms with Gasteiger partial charge in [0.25, 0.3) is 0 Å². The van der Waals surface area contributed by atoms with E-state index in [1.54, 1.807) is 0 Å². The predicted octanol–water partition coefficient (Wildman–Crippen LogP) is 3.36. The number of carbonyl (C=O) groups is 2. The Bertz CT molecular complexity index is 848. The first kappa shape index (κ1) is 24.7. The van der Waals surface area contributed by atoms with Crippen molar-refractivity contribution in [1.29, 1.82) is 0 Å². The number of aromatic nitrogens is 1. The molecule has 0 spiro atoms. The maximum Gasteiger partial charge on any atom is 0.305 e. The maximum absolute atomic E-state index is 12.2. The Kier molecular flexibility index (Phi) is 10.2. The molecule has 0 radical (unpaired) electrons. The minimum atomic E-state index is -0.883. The molecule has 0 aliphatic carbocycles. The van der Waals surface area contributed by atoms with Gasteiger partial charge in [-0.05, 0) is 63.2 Å². The first-order chi connectivity index (χ1) is 16.1. The molecule has 1 saturated heterocycles. The zero-order valence-electron chi connectivity index (χ0n) is 19.3. The van der Waals surface area contributed by atoms with Crippen LogP contribution in [0.1, 0.15) is 43.4 Å². The Morgan fingerprint density at radius 1 is 1.12 bits per heavy atom. The standard InChI is InChI=1S/C20H30N4O3.C6H6/c25-18(26)9-11-22-20(27)16-5-2-12-24(14-16)13-3-6-17-8-7-15-4-1-10-21-19(15)23-17;1-2-4-6-5-3-1/h7-8,16H,1-6,9-14H2,(H,21,23)(H,22,27)(H,25,26);1-6H. The third kappa shape index (κ3) is 8.85. The molecule has 0 bridgehead atoms. The molecule has 178 valence electrons. The number of carboxylic acid groups (broad SMARTS) is 1. The van der Waals surface area contributed by atoms with Crippen LogP contribution in [0.25, 0.3) is 0 Å². The number of hydrogen-bond acceptors (Lipinski definition) is 5. The number of aryl methyl sites for hydroxylation is 2. The van der Waals surface area contributed by atoms with Gasteiger partial charge >= 0.3 is 5.97 Å². The molecule has 1 unspecified atom stereocenters. The number of pyridine rings is 1. The fourth-order valence-corrected chi connectivity index (χ4v) is 4.29. The van der Waals surface area contributed by atoms with Crippen molar-refractivity contribution in [2.24, 2.45) is 5.92 Å². The van der Waals surface area contributed by atoms with Gasteiger partial charge in [0, 0.05) is 25.3 Å². The topological polar surface area (TPSA) is 94.6 Å². The number of hydrogen-bond donors (Lipinski definition) is 3. The van der Waals surface area contributed by atoms with Gasteiger partial charge in [-0.15, -0.1) is 0 Å². The summed E-state index contributed by atoms with van der Waals surface area (Å²) in [6.45, 7) is 3.97. The molecular formula is C26H36N4O3. The van der Waals surface area contributed by atoms with Crippen LogP contribution < -0.4 is 10.6 Å². The molecule has 0 saturated carbocycles. The third-order valence-electron chi connectivity index (χ3n) is 6.04. The SMILES string of the molecule is O=C(O)CCNC(=O)C1CCCN(CCCc2ccc3c(n2)NCCC3)C1.c1ccccc1. The van der Waals surface area contributed by atoms with E-state index in [0.29, 0.717) is 0 Å². The number of carbonyl (C=O) groups excluding carboxylic acids is 1. The summed E-state index contributed by atoms with van der Waals surface area (Å²) in [5.41, 5.74) is 2.45. The number of amides is 1. The van der Waals surface area contributed by atoms with E-state index in [4.69, 9.17) is 10.1 Å². The molecule has 1 fully saturated rings. The quantitative estimate of drug-likeness (QED) is 0.569. The Labute approximate surface area is 196 Å². The number of nitrogens with one attached hydrogen (secondary N) is 2. The summed E-state index contributed by atoms with van der Waals surface area (Å²) >= 11 is 0. The van der Waals surface area contributed by atoms with E-state index in [1.807, 2.05) is 36.4 Å². The van der Waals surface area contributed by atoms with Crippen LogP contribution in [0.15, 0.2) is 48.5 Å². The summed E-state index contributed by atoms with van der Waals surface area (Å²) in [4.78, 5) is 29.9. The molecule has 33 heavy (non-hydrogen) atoms. The van der Waals surface area contributed by atoms with Crippen LogP contribution in [0.5, 0.6) is 0 Å². The lowest BCUT2D eigenvalue weighted by Crippen LogP contribution is -2.43. The molecule has 3 N–H and O–H groups in total. The number of piperidine rings is 1. The highest BCUT2D eigenvalue weighted by atomic mass is 16.4. The Balaban J connectivity index is 0.000000442. The highest BCUT2D eigenvalue weighted by Gasteiger charge is 2.25. The van der Waals surface area contributed by atoms with Crippen molar-refractivity contribution in [2.75, 3.05) is 38.0 Å². The molecule has 7 nitrogen and oxygen atoms in total. The molecular weight excluding hydrogens is 416 g/mol. The lowest BCUT2D eigenvalue weighted by atomic mass is 9.96. The van der Waals surface area contributed by atoms with Gasteiger partial charge in [0.2, 0.25) is 5.91 Å². The van der Waals surface area contributed by atoms with Gasteiger partial charge < -0.3 is 20.6 Å². The van der Waals surface area contributed by atoms with Crippen LogP contribution in [-0.2, 0) is 22.4 Å². The monoisotopic (exact) mass is 452 g/mol. The molecule has 3 heterocycles. The average Bonchev–Trinajstić information content (AvgIpc) is 2.85. The van der Waals surface area contributed by atoms with Crippen molar-refractivity contribution in [3.8, 4) is 0 Å².